The molecule has 1 aliphatic carbocycles. The summed E-state index contributed by atoms with van der Waals surface area (Å²) in [6, 6.07) is 14.7. The largest absolute Gasteiger partial charge is 0.493 e. The first kappa shape index (κ1) is 23.1. The number of nitrogens with zero attached hydrogens (tertiary/aromatic N) is 3. The smallest absolute Gasteiger partial charge is 0.225 e. The molecule has 1 aromatic heterocycles. The first-order valence-corrected chi connectivity index (χ1v) is 11.7. The van der Waals surface area contributed by atoms with E-state index >= 15 is 0 Å². The van der Waals surface area contributed by atoms with E-state index in [1.807, 2.05) is 38.4 Å². The van der Waals surface area contributed by atoms with Crippen LogP contribution in [-0.4, -0.2) is 50.9 Å². The normalized spacial score (nSPS) is 18.2. The number of benzene rings is 2. The predicted octanol–water partition coefficient (Wildman–Crippen LogP) is 4.47. The van der Waals surface area contributed by atoms with Crippen molar-refractivity contribution in [1.29, 1.82) is 0 Å². The van der Waals surface area contributed by atoms with E-state index in [1.54, 1.807) is 14.2 Å². The maximum Gasteiger partial charge on any atom is 0.225 e. The maximum absolute atomic E-state index is 5.41. The van der Waals surface area contributed by atoms with Gasteiger partial charge in [0, 0.05) is 32.1 Å². The molecule has 2 N–H and O–H groups in total. The molecule has 0 saturated heterocycles. The Morgan fingerprint density at radius 3 is 2.42 bits per heavy atom. The number of rotatable bonds is 9. The second-order valence-corrected chi connectivity index (χ2v) is 8.96. The number of aromatic nitrogens is 2. The minimum Gasteiger partial charge on any atom is -0.493 e. The number of hydrogen-bond donors (Lipinski definition) is 2. The van der Waals surface area contributed by atoms with E-state index < -0.39 is 0 Å². The highest BCUT2D eigenvalue weighted by atomic mass is 16.5. The highest BCUT2D eigenvalue weighted by Gasteiger charge is 2.22. The lowest BCUT2D eigenvalue weighted by atomic mass is 9.86. The van der Waals surface area contributed by atoms with Crippen LogP contribution in [-0.2, 0) is 6.54 Å². The van der Waals surface area contributed by atoms with Gasteiger partial charge in [-0.15, -0.1) is 0 Å². The zero-order valence-electron chi connectivity index (χ0n) is 20.1. The maximum atomic E-state index is 5.41. The summed E-state index contributed by atoms with van der Waals surface area (Å²) in [6.07, 6.45) is 4.67. The van der Waals surface area contributed by atoms with Gasteiger partial charge in [-0.3, -0.25) is 0 Å². The van der Waals surface area contributed by atoms with E-state index in [4.69, 9.17) is 19.4 Å². The molecule has 0 atom stereocenters. The Morgan fingerprint density at radius 2 is 1.70 bits per heavy atom. The van der Waals surface area contributed by atoms with Crippen molar-refractivity contribution in [3.05, 3.63) is 48.0 Å². The van der Waals surface area contributed by atoms with E-state index in [0.717, 1.165) is 60.1 Å². The summed E-state index contributed by atoms with van der Waals surface area (Å²) >= 11 is 0. The first-order valence-electron chi connectivity index (χ1n) is 11.7. The molecule has 1 aliphatic rings. The van der Waals surface area contributed by atoms with E-state index in [9.17, 15) is 0 Å². The fraction of sp³-hybridized carbons (Fsp3) is 0.462. The number of para-hydroxylation sites is 1. The number of ether oxygens (including phenoxy) is 2. The molecule has 7 nitrogen and oxygen atoms in total. The van der Waals surface area contributed by atoms with Crippen molar-refractivity contribution in [2.24, 2.45) is 5.92 Å². The molecule has 0 amide bonds. The highest BCUT2D eigenvalue weighted by molar-refractivity contribution is 5.90. The molecule has 0 bridgehead atoms. The third-order valence-corrected chi connectivity index (χ3v) is 6.40. The molecule has 33 heavy (non-hydrogen) atoms. The molecule has 1 heterocycles. The molecule has 0 spiro atoms. The lowest BCUT2D eigenvalue weighted by Crippen LogP contribution is -2.31. The molecule has 4 rings (SSSR count). The Balaban J connectivity index is 1.27. The number of fused-ring (bicyclic) bond motifs is 1. The Hall–Kier alpha value is -3.06. The number of anilines is 2. The van der Waals surface area contributed by atoms with Crippen LogP contribution in [0.1, 0.15) is 31.2 Å². The van der Waals surface area contributed by atoms with Crippen LogP contribution in [0, 0.1) is 5.92 Å². The van der Waals surface area contributed by atoms with Gasteiger partial charge in [0.05, 0.1) is 19.7 Å². The average molecular weight is 450 g/mol. The summed E-state index contributed by atoms with van der Waals surface area (Å²) in [5, 5.41) is 8.30. The fourth-order valence-electron chi connectivity index (χ4n) is 4.57. The number of nitrogens with one attached hydrogen (secondary N) is 2. The van der Waals surface area contributed by atoms with Crippen LogP contribution in [0.15, 0.2) is 42.5 Å². The van der Waals surface area contributed by atoms with Gasteiger partial charge in [0.15, 0.2) is 11.5 Å². The van der Waals surface area contributed by atoms with Gasteiger partial charge in [-0.2, -0.15) is 4.98 Å². The van der Waals surface area contributed by atoms with Crippen LogP contribution in [0.3, 0.4) is 0 Å². The summed E-state index contributed by atoms with van der Waals surface area (Å²) in [7, 11) is 7.39. The minimum atomic E-state index is 0.420. The molecular formula is C26H35N5O2. The van der Waals surface area contributed by atoms with Crippen molar-refractivity contribution in [1.82, 2.24) is 15.3 Å². The van der Waals surface area contributed by atoms with Crippen molar-refractivity contribution < 1.29 is 9.47 Å². The quantitative estimate of drug-likeness (QED) is 0.499. The third kappa shape index (κ3) is 5.66. The number of hydrogen-bond acceptors (Lipinski definition) is 7. The summed E-state index contributed by atoms with van der Waals surface area (Å²) < 4.78 is 10.7. The van der Waals surface area contributed by atoms with Gasteiger partial charge in [0.2, 0.25) is 5.95 Å². The molecule has 2 aromatic carbocycles. The van der Waals surface area contributed by atoms with E-state index in [2.05, 4.69) is 33.7 Å². The van der Waals surface area contributed by atoms with Crippen molar-refractivity contribution in [2.45, 2.75) is 38.3 Å². The second-order valence-electron chi connectivity index (χ2n) is 8.96. The van der Waals surface area contributed by atoms with Crippen LogP contribution in [0.25, 0.3) is 10.9 Å². The van der Waals surface area contributed by atoms with Crippen molar-refractivity contribution in [2.75, 3.05) is 45.1 Å². The van der Waals surface area contributed by atoms with Gasteiger partial charge in [-0.05, 0) is 68.0 Å². The average Bonchev–Trinajstić information content (AvgIpc) is 2.84. The van der Waals surface area contributed by atoms with Crippen LogP contribution in [0.4, 0.5) is 11.8 Å². The van der Waals surface area contributed by atoms with Crippen LogP contribution < -0.4 is 25.0 Å². The molecule has 1 fully saturated rings. The minimum absolute atomic E-state index is 0.420. The van der Waals surface area contributed by atoms with Gasteiger partial charge in [0.25, 0.3) is 0 Å². The summed E-state index contributed by atoms with van der Waals surface area (Å²) in [5.41, 5.74) is 2.18. The van der Waals surface area contributed by atoms with Crippen molar-refractivity contribution in [3.8, 4) is 11.5 Å². The topological polar surface area (TPSA) is 71.5 Å². The van der Waals surface area contributed by atoms with Gasteiger partial charge >= 0.3 is 0 Å². The fourth-order valence-corrected chi connectivity index (χ4v) is 4.57. The van der Waals surface area contributed by atoms with Gasteiger partial charge < -0.3 is 25.0 Å². The lowest BCUT2D eigenvalue weighted by molar-refractivity contribution is 0.323. The first-order chi connectivity index (χ1) is 16.1. The molecule has 0 aliphatic heterocycles. The SMILES string of the molecule is COc1ccc(CNC[C@H]2CC[C@@H](Nc3nc(N(C)C)c4ccccc4n3)CC2)cc1OC. The van der Waals surface area contributed by atoms with Gasteiger partial charge in [-0.25, -0.2) is 4.98 Å². The standard InChI is InChI=1S/C26H35N5O2/c1-31(2)25-21-7-5-6-8-22(21)29-26(30-25)28-20-12-9-18(10-13-20)16-27-17-19-11-14-23(32-3)24(15-19)33-4/h5-8,11,14-15,18,20,27H,9-10,12-13,16-17H2,1-4H3,(H,28,29,30)/t18-,20+. The van der Waals surface area contributed by atoms with Crippen LogP contribution in [0.5, 0.6) is 11.5 Å². The molecule has 1 saturated carbocycles. The van der Waals surface area contributed by atoms with Crippen LogP contribution >= 0.6 is 0 Å². The molecule has 0 unspecified atom stereocenters. The molecule has 3 aromatic rings. The Bertz CT molecular complexity index is 1060. The van der Waals surface area contributed by atoms with E-state index in [1.165, 1.54) is 18.4 Å². The van der Waals surface area contributed by atoms with Gasteiger partial charge in [-0.1, -0.05) is 18.2 Å². The molecule has 0 radical (unpaired) electrons. The molecule has 7 heteroatoms. The highest BCUT2D eigenvalue weighted by Crippen LogP contribution is 2.29. The third-order valence-electron chi connectivity index (χ3n) is 6.40. The Morgan fingerprint density at radius 1 is 0.939 bits per heavy atom. The van der Waals surface area contributed by atoms with E-state index in [0.29, 0.717) is 12.0 Å². The molecule has 176 valence electrons. The second kappa shape index (κ2) is 10.7. The predicted molar refractivity (Wildman–Crippen MR) is 134 cm³/mol. The Labute approximate surface area is 196 Å². The summed E-state index contributed by atoms with van der Waals surface area (Å²) in [5.74, 6) is 3.92. The molecular weight excluding hydrogens is 414 g/mol. The zero-order chi connectivity index (χ0) is 23.2. The number of methoxy groups -OCH3 is 2. The zero-order valence-corrected chi connectivity index (χ0v) is 20.1. The van der Waals surface area contributed by atoms with Crippen molar-refractivity contribution in [3.63, 3.8) is 0 Å². The lowest BCUT2D eigenvalue weighted by Gasteiger charge is -2.29. The Kier molecular flexibility index (Phi) is 7.50. The van der Waals surface area contributed by atoms with Crippen LogP contribution in [0.2, 0.25) is 0 Å². The van der Waals surface area contributed by atoms with E-state index in [-0.39, 0.29) is 0 Å². The van der Waals surface area contributed by atoms with Gasteiger partial charge in [0.1, 0.15) is 5.82 Å². The monoisotopic (exact) mass is 449 g/mol. The summed E-state index contributed by atoms with van der Waals surface area (Å²) in [6.45, 7) is 1.86. The van der Waals surface area contributed by atoms with Crippen molar-refractivity contribution >= 4 is 22.7 Å². The summed E-state index contributed by atoms with van der Waals surface area (Å²) in [4.78, 5) is 11.6.